The minimum Gasteiger partial charge on any atom is -0.490 e. The molecule has 0 heterocycles. The van der Waals surface area contributed by atoms with E-state index in [0.717, 1.165) is 0 Å². The van der Waals surface area contributed by atoms with E-state index in [1.54, 1.807) is 37.4 Å². The molecule has 30 heavy (non-hydrogen) atoms. The van der Waals surface area contributed by atoms with E-state index in [1.165, 1.54) is 18.2 Å². The van der Waals surface area contributed by atoms with E-state index in [4.69, 9.17) is 14.2 Å². The molecule has 0 bridgehead atoms. The first-order valence-electron chi connectivity index (χ1n) is 9.60. The molecule has 1 N–H and O–H groups in total. The average Bonchev–Trinajstić information content (AvgIpc) is 2.74. The van der Waals surface area contributed by atoms with Crippen LogP contribution in [0.15, 0.2) is 48.0 Å². The van der Waals surface area contributed by atoms with E-state index in [9.17, 15) is 14.4 Å². The second-order valence-electron chi connectivity index (χ2n) is 6.33. The van der Waals surface area contributed by atoms with E-state index >= 15 is 0 Å². The molecule has 0 saturated carbocycles. The van der Waals surface area contributed by atoms with Gasteiger partial charge in [0.15, 0.2) is 11.5 Å². The first-order chi connectivity index (χ1) is 14.6. The van der Waals surface area contributed by atoms with E-state index in [0.29, 0.717) is 48.8 Å². The van der Waals surface area contributed by atoms with Crippen LogP contribution < -0.4 is 14.8 Å². The topological polar surface area (TPSA) is 80.6 Å². The van der Waals surface area contributed by atoms with Gasteiger partial charge in [0.25, 0.3) is 5.91 Å². The number of rotatable bonds is 11. The Balaban J connectivity index is 2.13. The molecule has 158 valence electrons. The zero-order valence-electron chi connectivity index (χ0n) is 17.1. The third kappa shape index (κ3) is 7.22. The lowest BCUT2D eigenvalue weighted by molar-refractivity contribution is -0.117. The van der Waals surface area contributed by atoms with Gasteiger partial charge in [-0.1, -0.05) is 18.2 Å². The van der Waals surface area contributed by atoms with E-state index in [1.807, 2.05) is 13.0 Å². The number of hydrogen-bond acceptors (Lipinski definition) is 5. The Labute approximate surface area is 175 Å². The Morgan fingerprint density at radius 2 is 2.03 bits per heavy atom. The van der Waals surface area contributed by atoms with Gasteiger partial charge >= 0.3 is 0 Å². The van der Waals surface area contributed by atoms with Crippen LogP contribution in [0.25, 0.3) is 6.08 Å². The molecular weight excluding hydrogens is 387 g/mol. The van der Waals surface area contributed by atoms with Gasteiger partial charge in [-0.2, -0.15) is 5.26 Å². The lowest BCUT2D eigenvalue weighted by Crippen LogP contribution is -2.26. The molecule has 0 radical (unpaired) electrons. The first-order valence-corrected chi connectivity index (χ1v) is 9.60. The van der Waals surface area contributed by atoms with Crippen LogP contribution in [0.2, 0.25) is 0 Å². The molecule has 0 aromatic heterocycles. The van der Waals surface area contributed by atoms with Crippen molar-refractivity contribution in [3.63, 3.8) is 0 Å². The molecule has 0 aliphatic rings. The number of methoxy groups -OCH3 is 1. The summed E-state index contributed by atoms with van der Waals surface area (Å²) >= 11 is 0. The van der Waals surface area contributed by atoms with Crippen molar-refractivity contribution < 1.29 is 23.4 Å². The first kappa shape index (κ1) is 22.9. The second-order valence-corrected chi connectivity index (χ2v) is 6.33. The van der Waals surface area contributed by atoms with Gasteiger partial charge in [0.1, 0.15) is 24.1 Å². The maximum Gasteiger partial charge on any atom is 0.261 e. The van der Waals surface area contributed by atoms with Crippen LogP contribution in [0.3, 0.4) is 0 Å². The standard InChI is InChI=1S/C23H25FN2O4/c1-3-29-22-14-17(12-19(15-25)23(27)26-10-5-11-28-2)8-9-21(22)30-16-18-6-4-7-20(24)13-18/h4,6-9,12-14H,3,5,10-11,16H2,1-2H3,(H,26,27)/b19-12+. The van der Waals surface area contributed by atoms with Gasteiger partial charge in [0, 0.05) is 20.3 Å². The van der Waals surface area contributed by atoms with E-state index < -0.39 is 5.91 Å². The normalized spacial score (nSPS) is 10.9. The SMILES string of the molecule is CCOc1cc(/C=C(\C#N)C(=O)NCCCOC)ccc1OCc1cccc(F)c1. The number of benzene rings is 2. The second kappa shape index (κ2) is 12.2. The van der Waals surface area contributed by atoms with Crippen molar-refractivity contribution in [2.24, 2.45) is 0 Å². The van der Waals surface area contributed by atoms with Gasteiger partial charge < -0.3 is 19.5 Å². The number of ether oxygens (including phenoxy) is 3. The molecule has 6 nitrogen and oxygen atoms in total. The number of nitrogens with zero attached hydrogens (tertiary/aromatic N) is 1. The fraction of sp³-hybridized carbons (Fsp3) is 0.304. The zero-order valence-corrected chi connectivity index (χ0v) is 17.1. The largest absolute Gasteiger partial charge is 0.490 e. The molecule has 2 aromatic rings. The Bertz CT molecular complexity index is 922. The molecule has 0 spiro atoms. The summed E-state index contributed by atoms with van der Waals surface area (Å²) in [6.45, 7) is 3.38. The summed E-state index contributed by atoms with van der Waals surface area (Å²) in [6, 6.07) is 13.2. The molecule has 2 rings (SSSR count). The summed E-state index contributed by atoms with van der Waals surface area (Å²) in [5, 5.41) is 12.0. The molecule has 0 saturated heterocycles. The van der Waals surface area contributed by atoms with Gasteiger partial charge in [0.2, 0.25) is 0 Å². The Hall–Kier alpha value is -3.37. The van der Waals surface area contributed by atoms with E-state index in [2.05, 4.69) is 5.32 Å². The monoisotopic (exact) mass is 412 g/mol. The summed E-state index contributed by atoms with van der Waals surface area (Å²) in [5.41, 5.74) is 1.31. The number of carbonyl (C=O) groups is 1. The Morgan fingerprint density at radius 3 is 2.73 bits per heavy atom. The highest BCUT2D eigenvalue weighted by atomic mass is 19.1. The highest BCUT2D eigenvalue weighted by Crippen LogP contribution is 2.30. The van der Waals surface area contributed by atoms with Crippen molar-refractivity contribution in [2.75, 3.05) is 26.9 Å². The number of nitrogens with one attached hydrogen (secondary N) is 1. The van der Waals surface area contributed by atoms with Gasteiger partial charge in [-0.25, -0.2) is 4.39 Å². The minimum absolute atomic E-state index is 0.0108. The van der Waals surface area contributed by atoms with Crippen LogP contribution in [0.4, 0.5) is 4.39 Å². The van der Waals surface area contributed by atoms with Crippen LogP contribution in [0, 0.1) is 17.1 Å². The zero-order chi connectivity index (χ0) is 21.8. The highest BCUT2D eigenvalue weighted by Gasteiger charge is 2.11. The Morgan fingerprint density at radius 1 is 1.20 bits per heavy atom. The summed E-state index contributed by atoms with van der Waals surface area (Å²) in [5.74, 6) is 0.186. The molecule has 1 amide bonds. The van der Waals surface area contributed by atoms with Gasteiger partial charge in [-0.15, -0.1) is 0 Å². The lowest BCUT2D eigenvalue weighted by atomic mass is 10.1. The fourth-order valence-electron chi connectivity index (χ4n) is 2.62. The summed E-state index contributed by atoms with van der Waals surface area (Å²) < 4.78 is 29.7. The van der Waals surface area contributed by atoms with E-state index in [-0.39, 0.29) is 18.0 Å². The predicted molar refractivity (Wildman–Crippen MR) is 111 cm³/mol. The molecular formula is C23H25FN2O4. The summed E-state index contributed by atoms with van der Waals surface area (Å²) in [7, 11) is 1.59. The average molecular weight is 412 g/mol. The van der Waals surface area contributed by atoms with Crippen LogP contribution >= 0.6 is 0 Å². The van der Waals surface area contributed by atoms with Crippen LogP contribution in [-0.2, 0) is 16.1 Å². The molecule has 0 atom stereocenters. The molecule has 0 unspecified atom stereocenters. The quantitative estimate of drug-likeness (QED) is 0.344. The third-order valence-electron chi connectivity index (χ3n) is 4.04. The number of carbonyl (C=O) groups excluding carboxylic acids is 1. The van der Waals surface area contributed by atoms with Crippen molar-refractivity contribution >= 4 is 12.0 Å². The van der Waals surface area contributed by atoms with Crippen LogP contribution in [0.1, 0.15) is 24.5 Å². The van der Waals surface area contributed by atoms with Crippen molar-refractivity contribution in [3.8, 4) is 17.6 Å². The van der Waals surface area contributed by atoms with Crippen molar-refractivity contribution in [2.45, 2.75) is 20.0 Å². The Kier molecular flexibility index (Phi) is 9.35. The van der Waals surface area contributed by atoms with Crippen molar-refractivity contribution in [1.82, 2.24) is 5.32 Å². The minimum atomic E-state index is -0.446. The maximum absolute atomic E-state index is 13.3. The lowest BCUT2D eigenvalue weighted by Gasteiger charge is -2.13. The summed E-state index contributed by atoms with van der Waals surface area (Å²) in [6.07, 6.45) is 2.15. The molecule has 0 aliphatic carbocycles. The molecule has 0 fully saturated rings. The van der Waals surface area contributed by atoms with Crippen molar-refractivity contribution in [3.05, 3.63) is 65.0 Å². The highest BCUT2D eigenvalue weighted by molar-refractivity contribution is 6.01. The smallest absolute Gasteiger partial charge is 0.261 e. The van der Waals surface area contributed by atoms with Gasteiger partial charge in [0.05, 0.1) is 6.61 Å². The number of amides is 1. The van der Waals surface area contributed by atoms with Crippen LogP contribution in [-0.4, -0.2) is 32.8 Å². The fourth-order valence-corrected chi connectivity index (χ4v) is 2.62. The number of halogens is 1. The third-order valence-corrected chi connectivity index (χ3v) is 4.04. The van der Waals surface area contributed by atoms with Gasteiger partial charge in [-0.3, -0.25) is 4.79 Å². The van der Waals surface area contributed by atoms with Crippen molar-refractivity contribution in [1.29, 1.82) is 5.26 Å². The molecule has 7 heteroatoms. The molecule has 0 aliphatic heterocycles. The summed E-state index contributed by atoms with van der Waals surface area (Å²) in [4.78, 5) is 12.2. The number of nitriles is 1. The van der Waals surface area contributed by atoms with Crippen LogP contribution in [0.5, 0.6) is 11.5 Å². The predicted octanol–water partition coefficient (Wildman–Crippen LogP) is 3.86. The maximum atomic E-state index is 13.3. The number of hydrogen-bond donors (Lipinski definition) is 1. The van der Waals surface area contributed by atoms with Gasteiger partial charge in [-0.05, 0) is 54.8 Å². The molecule has 2 aromatic carbocycles.